The van der Waals surface area contributed by atoms with Crippen molar-refractivity contribution in [1.29, 1.82) is 0 Å². The van der Waals surface area contributed by atoms with Crippen LogP contribution in [-0.2, 0) is 5.41 Å². The van der Waals surface area contributed by atoms with Crippen molar-refractivity contribution < 1.29 is 0 Å². The van der Waals surface area contributed by atoms with Crippen molar-refractivity contribution in [3.05, 3.63) is 17.7 Å². The van der Waals surface area contributed by atoms with Gasteiger partial charge >= 0.3 is 0 Å². The van der Waals surface area contributed by atoms with Crippen molar-refractivity contribution in [3.8, 4) is 0 Å². The maximum absolute atomic E-state index is 5.66. The standard InChI is InChI=1S/C10H19N3/c1-7(2)8-5-12-9(13-8)10(3,4)6-11/h5,7H,6,11H2,1-4H3,(H,12,13). The Morgan fingerprint density at radius 3 is 2.54 bits per heavy atom. The maximum Gasteiger partial charge on any atom is 0.113 e. The molecule has 0 saturated carbocycles. The molecule has 1 heterocycles. The van der Waals surface area contributed by atoms with Gasteiger partial charge in [-0.3, -0.25) is 0 Å². The van der Waals surface area contributed by atoms with Crippen molar-refractivity contribution in [2.75, 3.05) is 6.54 Å². The highest BCUT2D eigenvalue weighted by atomic mass is 14.9. The van der Waals surface area contributed by atoms with Crippen LogP contribution in [0.4, 0.5) is 0 Å². The molecule has 0 bridgehead atoms. The van der Waals surface area contributed by atoms with Gasteiger partial charge in [-0.1, -0.05) is 27.7 Å². The predicted octanol–water partition coefficient (Wildman–Crippen LogP) is 1.77. The lowest BCUT2D eigenvalue weighted by Gasteiger charge is -2.19. The van der Waals surface area contributed by atoms with E-state index in [9.17, 15) is 0 Å². The molecule has 0 saturated heterocycles. The average Bonchev–Trinajstić information content (AvgIpc) is 2.52. The molecule has 0 radical (unpaired) electrons. The van der Waals surface area contributed by atoms with E-state index in [4.69, 9.17) is 5.73 Å². The second-order valence-corrected chi connectivity index (χ2v) is 4.43. The van der Waals surface area contributed by atoms with E-state index < -0.39 is 0 Å². The molecular weight excluding hydrogens is 162 g/mol. The zero-order valence-corrected chi connectivity index (χ0v) is 8.89. The van der Waals surface area contributed by atoms with E-state index in [2.05, 4.69) is 37.7 Å². The highest BCUT2D eigenvalue weighted by molar-refractivity contribution is 5.12. The lowest BCUT2D eigenvalue weighted by Crippen LogP contribution is -2.29. The van der Waals surface area contributed by atoms with Crippen LogP contribution in [0.2, 0.25) is 0 Å². The Kier molecular flexibility index (Phi) is 2.76. The quantitative estimate of drug-likeness (QED) is 0.746. The molecule has 0 aliphatic carbocycles. The van der Waals surface area contributed by atoms with Gasteiger partial charge in [-0.2, -0.15) is 0 Å². The molecule has 74 valence electrons. The van der Waals surface area contributed by atoms with Crippen LogP contribution in [0, 0.1) is 0 Å². The molecular formula is C10H19N3. The first-order chi connectivity index (χ1) is 5.97. The summed E-state index contributed by atoms with van der Waals surface area (Å²) in [5.74, 6) is 1.48. The number of rotatable bonds is 3. The van der Waals surface area contributed by atoms with Crippen LogP contribution >= 0.6 is 0 Å². The van der Waals surface area contributed by atoms with E-state index in [1.165, 1.54) is 5.69 Å². The topological polar surface area (TPSA) is 54.7 Å². The van der Waals surface area contributed by atoms with Gasteiger partial charge in [0.15, 0.2) is 0 Å². The third-order valence-electron chi connectivity index (χ3n) is 2.37. The van der Waals surface area contributed by atoms with Gasteiger partial charge in [0, 0.05) is 23.9 Å². The van der Waals surface area contributed by atoms with Crippen LogP contribution in [0.25, 0.3) is 0 Å². The Morgan fingerprint density at radius 1 is 1.54 bits per heavy atom. The van der Waals surface area contributed by atoms with E-state index >= 15 is 0 Å². The molecule has 1 aromatic rings. The maximum atomic E-state index is 5.66. The molecule has 1 rings (SSSR count). The van der Waals surface area contributed by atoms with Crippen molar-refractivity contribution in [1.82, 2.24) is 9.97 Å². The molecule has 0 aliphatic rings. The molecule has 1 aromatic heterocycles. The molecule has 3 heteroatoms. The fraction of sp³-hybridized carbons (Fsp3) is 0.700. The van der Waals surface area contributed by atoms with Gasteiger partial charge in [-0.25, -0.2) is 4.98 Å². The van der Waals surface area contributed by atoms with Gasteiger partial charge < -0.3 is 10.7 Å². The monoisotopic (exact) mass is 181 g/mol. The summed E-state index contributed by atoms with van der Waals surface area (Å²) in [5.41, 5.74) is 6.79. The Balaban J connectivity index is 2.91. The van der Waals surface area contributed by atoms with Crippen molar-refractivity contribution >= 4 is 0 Å². The average molecular weight is 181 g/mol. The fourth-order valence-corrected chi connectivity index (χ4v) is 1.07. The smallest absolute Gasteiger partial charge is 0.113 e. The number of aromatic amines is 1. The number of aromatic nitrogens is 2. The van der Waals surface area contributed by atoms with Crippen molar-refractivity contribution in [3.63, 3.8) is 0 Å². The molecule has 0 aromatic carbocycles. The predicted molar refractivity (Wildman–Crippen MR) is 54.8 cm³/mol. The minimum absolute atomic E-state index is 0.0485. The first-order valence-electron chi connectivity index (χ1n) is 4.73. The van der Waals surface area contributed by atoms with Gasteiger partial charge in [0.05, 0.1) is 0 Å². The summed E-state index contributed by atoms with van der Waals surface area (Å²) in [4.78, 5) is 7.66. The summed E-state index contributed by atoms with van der Waals surface area (Å²) in [6.45, 7) is 9.09. The zero-order chi connectivity index (χ0) is 10.1. The summed E-state index contributed by atoms with van der Waals surface area (Å²) in [6.07, 6.45) is 1.90. The molecule has 3 nitrogen and oxygen atoms in total. The number of H-pyrrole nitrogens is 1. The minimum atomic E-state index is -0.0485. The summed E-state index contributed by atoms with van der Waals surface area (Å²) < 4.78 is 0. The molecule has 0 amide bonds. The number of imidazole rings is 1. The Hall–Kier alpha value is -0.830. The lowest BCUT2D eigenvalue weighted by atomic mass is 9.93. The number of nitrogens with one attached hydrogen (secondary N) is 1. The van der Waals surface area contributed by atoms with Crippen LogP contribution in [-0.4, -0.2) is 16.5 Å². The second-order valence-electron chi connectivity index (χ2n) is 4.43. The first-order valence-corrected chi connectivity index (χ1v) is 4.73. The molecule has 0 atom stereocenters. The molecule has 0 aliphatic heterocycles. The highest BCUT2D eigenvalue weighted by Crippen LogP contribution is 2.20. The summed E-state index contributed by atoms with van der Waals surface area (Å²) in [5, 5.41) is 0. The summed E-state index contributed by atoms with van der Waals surface area (Å²) in [7, 11) is 0. The number of nitrogens with zero attached hydrogens (tertiary/aromatic N) is 1. The Labute approximate surface area is 79.8 Å². The van der Waals surface area contributed by atoms with E-state index in [0.717, 1.165) is 5.82 Å². The molecule has 13 heavy (non-hydrogen) atoms. The minimum Gasteiger partial charge on any atom is -0.345 e. The summed E-state index contributed by atoms with van der Waals surface area (Å²) in [6, 6.07) is 0. The lowest BCUT2D eigenvalue weighted by molar-refractivity contribution is 0.506. The van der Waals surface area contributed by atoms with Crippen molar-refractivity contribution in [2.24, 2.45) is 5.73 Å². The molecule has 0 spiro atoms. The van der Waals surface area contributed by atoms with Crippen LogP contribution < -0.4 is 5.73 Å². The van der Waals surface area contributed by atoms with E-state index in [-0.39, 0.29) is 5.41 Å². The van der Waals surface area contributed by atoms with Gasteiger partial charge in [0.2, 0.25) is 0 Å². The summed E-state index contributed by atoms with van der Waals surface area (Å²) >= 11 is 0. The van der Waals surface area contributed by atoms with Gasteiger partial charge in [-0.05, 0) is 5.92 Å². The van der Waals surface area contributed by atoms with Gasteiger partial charge in [0.1, 0.15) is 5.82 Å². The second kappa shape index (κ2) is 3.50. The number of hydrogen-bond acceptors (Lipinski definition) is 2. The SMILES string of the molecule is CC(C)c1cnc(C(C)(C)CN)[nH]1. The van der Waals surface area contributed by atoms with Gasteiger partial charge in [0.25, 0.3) is 0 Å². The molecule has 3 N–H and O–H groups in total. The Morgan fingerprint density at radius 2 is 2.15 bits per heavy atom. The zero-order valence-electron chi connectivity index (χ0n) is 8.89. The largest absolute Gasteiger partial charge is 0.345 e. The molecule has 0 unspecified atom stereocenters. The third-order valence-corrected chi connectivity index (χ3v) is 2.37. The highest BCUT2D eigenvalue weighted by Gasteiger charge is 2.22. The van der Waals surface area contributed by atoms with Crippen LogP contribution in [0.5, 0.6) is 0 Å². The Bertz CT molecular complexity index is 273. The van der Waals surface area contributed by atoms with E-state index in [0.29, 0.717) is 12.5 Å². The van der Waals surface area contributed by atoms with Crippen LogP contribution in [0.15, 0.2) is 6.20 Å². The van der Waals surface area contributed by atoms with E-state index in [1.54, 1.807) is 0 Å². The first kappa shape index (κ1) is 10.3. The fourth-order valence-electron chi connectivity index (χ4n) is 1.07. The van der Waals surface area contributed by atoms with Crippen LogP contribution in [0.1, 0.15) is 45.1 Å². The molecule has 0 fully saturated rings. The van der Waals surface area contributed by atoms with E-state index in [1.807, 2.05) is 6.20 Å². The number of hydrogen-bond donors (Lipinski definition) is 2. The number of nitrogens with two attached hydrogens (primary N) is 1. The van der Waals surface area contributed by atoms with Crippen molar-refractivity contribution in [2.45, 2.75) is 39.0 Å². The van der Waals surface area contributed by atoms with Crippen LogP contribution in [0.3, 0.4) is 0 Å². The van der Waals surface area contributed by atoms with Gasteiger partial charge in [-0.15, -0.1) is 0 Å². The normalized spacial score (nSPS) is 12.5. The third kappa shape index (κ3) is 2.10.